The number of amides is 2. The number of hydrogen-bond acceptors (Lipinski definition) is 5. The number of aryl methyl sites for hydroxylation is 1. The van der Waals surface area contributed by atoms with Gasteiger partial charge in [0.2, 0.25) is 5.91 Å². The predicted octanol–water partition coefficient (Wildman–Crippen LogP) is 1.05. The summed E-state index contributed by atoms with van der Waals surface area (Å²) in [6, 6.07) is 9.48. The summed E-state index contributed by atoms with van der Waals surface area (Å²) in [5.74, 6) is -2.12. The molecule has 120 valence electrons. The molecule has 0 atom stereocenters. The molecule has 0 radical (unpaired) electrons. The summed E-state index contributed by atoms with van der Waals surface area (Å²) in [7, 11) is 0. The van der Waals surface area contributed by atoms with E-state index >= 15 is 0 Å². The zero-order valence-corrected chi connectivity index (χ0v) is 13.1. The quantitative estimate of drug-likeness (QED) is 0.732. The molecule has 0 aliphatic rings. The minimum Gasteiger partial charge on any atom is -0.480 e. The second-order valence-electron chi connectivity index (χ2n) is 4.65. The first kappa shape index (κ1) is 16.6. The Balaban J connectivity index is 1.99. The molecule has 23 heavy (non-hydrogen) atoms. The molecule has 0 spiro atoms. The van der Waals surface area contributed by atoms with Crippen LogP contribution in [0, 0.1) is 6.92 Å². The molecule has 0 aliphatic carbocycles. The van der Waals surface area contributed by atoms with E-state index in [1.165, 1.54) is 11.3 Å². The van der Waals surface area contributed by atoms with Crippen LogP contribution in [0.5, 0.6) is 0 Å². The smallest absolute Gasteiger partial charge is 0.322 e. The maximum absolute atomic E-state index is 12.1. The molecule has 1 aromatic heterocycles. The van der Waals surface area contributed by atoms with Crippen molar-refractivity contribution >= 4 is 29.1 Å². The summed E-state index contributed by atoms with van der Waals surface area (Å²) in [6.07, 6.45) is 0. The Bertz CT molecular complexity index is 728. The summed E-state index contributed by atoms with van der Waals surface area (Å²) >= 11 is 1.24. The third-order valence-electron chi connectivity index (χ3n) is 2.87. The van der Waals surface area contributed by atoms with Crippen LogP contribution in [0.3, 0.4) is 0 Å². The lowest BCUT2D eigenvalue weighted by Gasteiger charge is -2.04. The van der Waals surface area contributed by atoms with Crippen molar-refractivity contribution in [3.63, 3.8) is 0 Å². The fourth-order valence-electron chi connectivity index (χ4n) is 1.79. The molecule has 0 saturated carbocycles. The van der Waals surface area contributed by atoms with Crippen LogP contribution in [-0.4, -0.2) is 41.0 Å². The van der Waals surface area contributed by atoms with E-state index in [0.717, 1.165) is 10.6 Å². The molecule has 2 amide bonds. The lowest BCUT2D eigenvalue weighted by molar-refractivity contribution is -0.137. The van der Waals surface area contributed by atoms with E-state index in [1.54, 1.807) is 6.92 Å². The van der Waals surface area contributed by atoms with Crippen LogP contribution in [0.15, 0.2) is 30.3 Å². The largest absolute Gasteiger partial charge is 0.480 e. The second kappa shape index (κ2) is 7.50. The summed E-state index contributed by atoms with van der Waals surface area (Å²) in [5, 5.41) is 13.8. The van der Waals surface area contributed by atoms with E-state index in [0.29, 0.717) is 10.6 Å². The molecule has 0 fully saturated rings. The maximum Gasteiger partial charge on any atom is 0.322 e. The Labute approximate surface area is 136 Å². The van der Waals surface area contributed by atoms with Crippen LogP contribution >= 0.6 is 11.3 Å². The summed E-state index contributed by atoms with van der Waals surface area (Å²) in [5.41, 5.74) is 1.50. The standard InChI is InChI=1S/C15H15N3O4S/c1-9-13(14(22)17-7-11(19)16-8-12(20)21)23-15(18-9)10-5-3-2-4-6-10/h2-6H,7-8H2,1H3,(H,16,19)(H,17,22)(H,20,21). The average molecular weight is 333 g/mol. The van der Waals surface area contributed by atoms with Crippen molar-refractivity contribution in [1.29, 1.82) is 0 Å². The molecule has 8 heteroatoms. The third kappa shape index (κ3) is 4.62. The summed E-state index contributed by atoms with van der Waals surface area (Å²) in [6.45, 7) is 0.957. The highest BCUT2D eigenvalue weighted by Crippen LogP contribution is 2.27. The maximum atomic E-state index is 12.1. The Morgan fingerprint density at radius 3 is 2.48 bits per heavy atom. The monoisotopic (exact) mass is 333 g/mol. The molecule has 0 unspecified atom stereocenters. The predicted molar refractivity (Wildman–Crippen MR) is 85.3 cm³/mol. The summed E-state index contributed by atoms with van der Waals surface area (Å²) in [4.78, 5) is 38.6. The first-order chi connectivity index (χ1) is 11.0. The number of carboxylic acids is 1. The van der Waals surface area contributed by atoms with E-state index in [9.17, 15) is 14.4 Å². The van der Waals surface area contributed by atoms with Crippen LogP contribution in [0.1, 0.15) is 15.4 Å². The van der Waals surface area contributed by atoms with E-state index in [1.807, 2.05) is 30.3 Å². The Kier molecular flexibility index (Phi) is 5.42. The van der Waals surface area contributed by atoms with Crippen LogP contribution in [0.25, 0.3) is 10.6 Å². The number of carbonyl (C=O) groups is 3. The van der Waals surface area contributed by atoms with Crippen LogP contribution < -0.4 is 10.6 Å². The van der Waals surface area contributed by atoms with Gasteiger partial charge in [0, 0.05) is 5.56 Å². The minimum atomic E-state index is -1.14. The van der Waals surface area contributed by atoms with Crippen molar-refractivity contribution in [2.75, 3.05) is 13.1 Å². The van der Waals surface area contributed by atoms with Gasteiger partial charge in [-0.3, -0.25) is 14.4 Å². The van der Waals surface area contributed by atoms with Crippen molar-refractivity contribution in [2.24, 2.45) is 0 Å². The molecule has 2 aromatic rings. The lowest BCUT2D eigenvalue weighted by atomic mass is 10.2. The topological polar surface area (TPSA) is 108 Å². The van der Waals surface area contributed by atoms with Gasteiger partial charge in [-0.1, -0.05) is 30.3 Å². The van der Waals surface area contributed by atoms with Gasteiger partial charge in [0.25, 0.3) is 5.91 Å². The van der Waals surface area contributed by atoms with Gasteiger partial charge in [-0.05, 0) is 6.92 Å². The van der Waals surface area contributed by atoms with Gasteiger partial charge in [-0.2, -0.15) is 0 Å². The van der Waals surface area contributed by atoms with Crippen molar-refractivity contribution in [1.82, 2.24) is 15.6 Å². The average Bonchev–Trinajstić information content (AvgIpc) is 2.93. The number of hydrogen-bond donors (Lipinski definition) is 3. The number of aromatic nitrogens is 1. The van der Waals surface area contributed by atoms with Crippen molar-refractivity contribution in [3.05, 3.63) is 40.9 Å². The zero-order valence-electron chi connectivity index (χ0n) is 12.3. The minimum absolute atomic E-state index is 0.288. The van der Waals surface area contributed by atoms with Crippen LogP contribution in [0.4, 0.5) is 0 Å². The molecule has 0 saturated heterocycles. The highest BCUT2D eigenvalue weighted by molar-refractivity contribution is 7.17. The number of rotatable bonds is 6. The number of thiazole rings is 1. The van der Waals surface area contributed by atoms with Gasteiger partial charge < -0.3 is 15.7 Å². The first-order valence-electron chi connectivity index (χ1n) is 6.77. The first-order valence-corrected chi connectivity index (χ1v) is 7.58. The SMILES string of the molecule is Cc1nc(-c2ccccc2)sc1C(=O)NCC(=O)NCC(=O)O. The molecule has 3 N–H and O–H groups in total. The molecule has 0 aliphatic heterocycles. The lowest BCUT2D eigenvalue weighted by Crippen LogP contribution is -2.38. The molecular weight excluding hydrogens is 318 g/mol. The number of aliphatic carboxylic acids is 1. The van der Waals surface area contributed by atoms with Crippen molar-refractivity contribution in [3.8, 4) is 10.6 Å². The van der Waals surface area contributed by atoms with Gasteiger partial charge in [0.1, 0.15) is 16.4 Å². The van der Waals surface area contributed by atoms with Gasteiger partial charge in [-0.15, -0.1) is 11.3 Å². The zero-order chi connectivity index (χ0) is 16.8. The number of benzene rings is 1. The normalized spacial score (nSPS) is 10.1. The van der Waals surface area contributed by atoms with Gasteiger partial charge in [-0.25, -0.2) is 4.98 Å². The van der Waals surface area contributed by atoms with E-state index in [-0.39, 0.29) is 6.54 Å². The van der Waals surface area contributed by atoms with Crippen molar-refractivity contribution in [2.45, 2.75) is 6.92 Å². The fourth-order valence-corrected chi connectivity index (χ4v) is 2.78. The Morgan fingerprint density at radius 1 is 1.13 bits per heavy atom. The highest BCUT2D eigenvalue weighted by atomic mass is 32.1. The van der Waals surface area contributed by atoms with E-state index in [2.05, 4.69) is 15.6 Å². The van der Waals surface area contributed by atoms with Crippen LogP contribution in [0.2, 0.25) is 0 Å². The number of nitrogens with one attached hydrogen (secondary N) is 2. The molecule has 2 rings (SSSR count). The highest BCUT2D eigenvalue weighted by Gasteiger charge is 2.16. The summed E-state index contributed by atoms with van der Waals surface area (Å²) < 4.78 is 0. The van der Waals surface area contributed by atoms with E-state index in [4.69, 9.17) is 5.11 Å². The van der Waals surface area contributed by atoms with Gasteiger partial charge in [0.15, 0.2) is 0 Å². The Morgan fingerprint density at radius 2 is 1.83 bits per heavy atom. The van der Waals surface area contributed by atoms with E-state index < -0.39 is 24.3 Å². The van der Waals surface area contributed by atoms with Gasteiger partial charge >= 0.3 is 5.97 Å². The molecule has 7 nitrogen and oxygen atoms in total. The van der Waals surface area contributed by atoms with Crippen LogP contribution in [-0.2, 0) is 9.59 Å². The van der Waals surface area contributed by atoms with Crippen molar-refractivity contribution < 1.29 is 19.5 Å². The van der Waals surface area contributed by atoms with Gasteiger partial charge in [0.05, 0.1) is 12.2 Å². The molecule has 0 bridgehead atoms. The number of carboxylic acid groups (broad SMARTS) is 1. The fraction of sp³-hybridized carbons (Fsp3) is 0.200. The number of nitrogens with zero attached hydrogens (tertiary/aromatic N) is 1. The molecule has 1 heterocycles. The molecule has 1 aromatic carbocycles. The third-order valence-corrected chi connectivity index (χ3v) is 4.08. The molecular formula is C15H15N3O4S. The number of carbonyl (C=O) groups excluding carboxylic acids is 2. The second-order valence-corrected chi connectivity index (χ2v) is 5.65. The Hall–Kier alpha value is -2.74.